The smallest absolute Gasteiger partial charge is 0.238 e. The van der Waals surface area contributed by atoms with Crippen LogP contribution in [0.2, 0.25) is 0 Å². The molecule has 0 bridgehead atoms. The van der Waals surface area contributed by atoms with Gasteiger partial charge in [-0.2, -0.15) is 0 Å². The first-order chi connectivity index (χ1) is 9.49. The predicted octanol–water partition coefficient (Wildman–Crippen LogP) is 4.19. The third-order valence-electron chi connectivity index (χ3n) is 3.18. The maximum atomic E-state index is 11.9. The van der Waals surface area contributed by atoms with Crippen LogP contribution in [0.4, 0.5) is 5.69 Å². The predicted molar refractivity (Wildman–Crippen MR) is 88.9 cm³/mol. The number of benzene rings is 1. The molecule has 0 fully saturated rings. The van der Waals surface area contributed by atoms with Crippen LogP contribution in [0.1, 0.15) is 40.0 Å². The number of carbonyl (C=O) groups excluding carboxylic acids is 1. The summed E-state index contributed by atoms with van der Waals surface area (Å²) in [5, 5.41) is 6.16. The highest BCUT2D eigenvalue weighted by Gasteiger charge is 2.07. The summed E-state index contributed by atoms with van der Waals surface area (Å²) in [6.45, 7) is 6.96. The molecular weight excluding hydrogens is 316 g/mol. The highest BCUT2D eigenvalue weighted by Crippen LogP contribution is 2.20. The molecule has 0 aliphatic carbocycles. The normalized spacial score (nSPS) is 12.4. The van der Waals surface area contributed by atoms with Crippen LogP contribution < -0.4 is 10.6 Å². The molecule has 1 aromatic carbocycles. The lowest BCUT2D eigenvalue weighted by molar-refractivity contribution is -0.115. The van der Waals surface area contributed by atoms with Gasteiger partial charge >= 0.3 is 0 Å². The number of halogens is 1. The Hall–Kier alpha value is -0.870. The van der Waals surface area contributed by atoms with Crippen LogP contribution in [0, 0.1) is 5.92 Å². The standard InChI is InChI=1S/C16H25BrN2O/c1-12(2)7-6-8-13(3)18-11-16(20)19-15-10-5-4-9-14(15)17/h4-5,9-10,12-13,18H,6-8,11H2,1-3H3,(H,19,20). The lowest BCUT2D eigenvalue weighted by Crippen LogP contribution is -2.34. The molecule has 0 aliphatic heterocycles. The number of anilines is 1. The maximum Gasteiger partial charge on any atom is 0.238 e. The Morgan fingerprint density at radius 1 is 1.20 bits per heavy atom. The number of carbonyl (C=O) groups is 1. The molecular formula is C16H25BrN2O. The summed E-state index contributed by atoms with van der Waals surface area (Å²) in [6, 6.07) is 8.00. The molecule has 3 nitrogen and oxygen atoms in total. The zero-order valence-corrected chi connectivity index (χ0v) is 14.2. The fraction of sp³-hybridized carbons (Fsp3) is 0.562. The van der Waals surface area contributed by atoms with E-state index in [1.807, 2.05) is 24.3 Å². The Labute approximate surface area is 130 Å². The Morgan fingerprint density at radius 2 is 1.90 bits per heavy atom. The summed E-state index contributed by atoms with van der Waals surface area (Å²) in [5.41, 5.74) is 0.812. The number of para-hydroxylation sites is 1. The van der Waals surface area contributed by atoms with E-state index >= 15 is 0 Å². The number of amides is 1. The first-order valence-corrected chi connectivity index (χ1v) is 8.06. The molecule has 0 heterocycles. The molecule has 0 saturated heterocycles. The fourth-order valence-electron chi connectivity index (χ4n) is 1.96. The third-order valence-corrected chi connectivity index (χ3v) is 3.87. The van der Waals surface area contributed by atoms with Gasteiger partial charge in [0.2, 0.25) is 5.91 Å². The quantitative estimate of drug-likeness (QED) is 0.744. The molecule has 1 atom stereocenters. The van der Waals surface area contributed by atoms with Gasteiger partial charge in [0, 0.05) is 10.5 Å². The molecule has 0 aliphatic rings. The van der Waals surface area contributed by atoms with Crippen molar-refractivity contribution < 1.29 is 4.79 Å². The molecule has 4 heteroatoms. The van der Waals surface area contributed by atoms with Gasteiger partial charge in [0.15, 0.2) is 0 Å². The summed E-state index contributed by atoms with van der Waals surface area (Å²) < 4.78 is 0.901. The highest BCUT2D eigenvalue weighted by molar-refractivity contribution is 9.10. The van der Waals surface area contributed by atoms with Gasteiger partial charge in [-0.25, -0.2) is 0 Å². The monoisotopic (exact) mass is 340 g/mol. The van der Waals surface area contributed by atoms with E-state index in [1.54, 1.807) is 0 Å². The van der Waals surface area contributed by atoms with Crippen molar-refractivity contribution in [3.8, 4) is 0 Å². The van der Waals surface area contributed by atoms with Gasteiger partial charge in [-0.15, -0.1) is 0 Å². The second kappa shape index (κ2) is 9.14. The highest BCUT2D eigenvalue weighted by atomic mass is 79.9. The van der Waals surface area contributed by atoms with Gasteiger partial charge in [-0.1, -0.05) is 38.8 Å². The van der Waals surface area contributed by atoms with E-state index in [0.29, 0.717) is 12.6 Å². The number of hydrogen-bond donors (Lipinski definition) is 2. The van der Waals surface area contributed by atoms with Crippen molar-refractivity contribution >= 4 is 27.5 Å². The van der Waals surface area contributed by atoms with Crippen LogP contribution in [0.25, 0.3) is 0 Å². The minimum Gasteiger partial charge on any atom is -0.324 e. The van der Waals surface area contributed by atoms with Crippen molar-refractivity contribution in [3.63, 3.8) is 0 Å². The largest absolute Gasteiger partial charge is 0.324 e. The zero-order chi connectivity index (χ0) is 15.0. The minimum atomic E-state index is -0.00684. The molecule has 112 valence electrons. The average molecular weight is 341 g/mol. The molecule has 1 unspecified atom stereocenters. The van der Waals surface area contributed by atoms with Crippen molar-refractivity contribution in [1.82, 2.24) is 5.32 Å². The Balaban J connectivity index is 2.24. The van der Waals surface area contributed by atoms with Crippen LogP contribution >= 0.6 is 15.9 Å². The average Bonchev–Trinajstić information content (AvgIpc) is 2.39. The van der Waals surface area contributed by atoms with Gasteiger partial charge < -0.3 is 10.6 Å². The summed E-state index contributed by atoms with van der Waals surface area (Å²) in [4.78, 5) is 11.9. The molecule has 0 spiro atoms. The van der Waals surface area contributed by atoms with Gasteiger partial charge in [0.1, 0.15) is 0 Å². The van der Waals surface area contributed by atoms with E-state index < -0.39 is 0 Å². The van der Waals surface area contributed by atoms with Crippen LogP contribution in [0.15, 0.2) is 28.7 Å². The van der Waals surface area contributed by atoms with Crippen molar-refractivity contribution in [3.05, 3.63) is 28.7 Å². The van der Waals surface area contributed by atoms with Crippen molar-refractivity contribution in [1.29, 1.82) is 0 Å². The van der Waals surface area contributed by atoms with E-state index in [9.17, 15) is 4.79 Å². The number of nitrogens with one attached hydrogen (secondary N) is 2. The SMILES string of the molecule is CC(C)CCCC(C)NCC(=O)Nc1ccccc1Br. The summed E-state index contributed by atoms with van der Waals surface area (Å²) in [6.07, 6.45) is 3.56. The van der Waals surface area contributed by atoms with Gasteiger partial charge in [0.25, 0.3) is 0 Å². The third kappa shape index (κ3) is 7.06. The number of hydrogen-bond acceptors (Lipinski definition) is 2. The summed E-state index contributed by atoms with van der Waals surface area (Å²) >= 11 is 3.42. The molecule has 0 saturated carbocycles. The minimum absolute atomic E-state index is 0.00684. The zero-order valence-electron chi connectivity index (χ0n) is 12.6. The van der Waals surface area contributed by atoms with Crippen molar-refractivity contribution in [2.24, 2.45) is 5.92 Å². The topological polar surface area (TPSA) is 41.1 Å². The Bertz CT molecular complexity index is 421. The van der Waals surface area contributed by atoms with Crippen LogP contribution in [-0.2, 0) is 4.79 Å². The van der Waals surface area contributed by atoms with Gasteiger partial charge in [-0.05, 0) is 47.3 Å². The molecule has 1 aromatic rings. The van der Waals surface area contributed by atoms with Crippen molar-refractivity contribution in [2.75, 3.05) is 11.9 Å². The second-order valence-corrected chi connectivity index (χ2v) is 6.49. The summed E-state index contributed by atoms with van der Waals surface area (Å²) in [7, 11) is 0. The van der Waals surface area contributed by atoms with E-state index in [0.717, 1.165) is 22.5 Å². The van der Waals surface area contributed by atoms with Crippen molar-refractivity contribution in [2.45, 2.75) is 46.1 Å². The number of rotatable bonds is 8. The van der Waals surface area contributed by atoms with Crippen LogP contribution in [-0.4, -0.2) is 18.5 Å². The van der Waals surface area contributed by atoms with E-state index in [4.69, 9.17) is 0 Å². The first-order valence-electron chi connectivity index (χ1n) is 7.26. The molecule has 20 heavy (non-hydrogen) atoms. The van der Waals surface area contributed by atoms with Gasteiger partial charge in [-0.3, -0.25) is 4.79 Å². The molecule has 2 N–H and O–H groups in total. The molecule has 0 radical (unpaired) electrons. The summed E-state index contributed by atoms with van der Waals surface area (Å²) in [5.74, 6) is 0.744. The Morgan fingerprint density at radius 3 is 2.55 bits per heavy atom. The van der Waals surface area contributed by atoms with E-state index in [1.165, 1.54) is 12.8 Å². The van der Waals surface area contributed by atoms with E-state index in [-0.39, 0.29) is 5.91 Å². The van der Waals surface area contributed by atoms with Crippen LogP contribution in [0.5, 0.6) is 0 Å². The second-order valence-electron chi connectivity index (χ2n) is 5.63. The fourth-order valence-corrected chi connectivity index (χ4v) is 2.34. The van der Waals surface area contributed by atoms with Crippen LogP contribution in [0.3, 0.4) is 0 Å². The lowest BCUT2D eigenvalue weighted by atomic mass is 10.0. The first kappa shape index (κ1) is 17.2. The molecule has 1 rings (SSSR count). The molecule has 1 amide bonds. The van der Waals surface area contributed by atoms with E-state index in [2.05, 4.69) is 47.3 Å². The molecule has 0 aromatic heterocycles. The lowest BCUT2D eigenvalue weighted by Gasteiger charge is -2.14. The maximum absolute atomic E-state index is 11.9. The Kier molecular flexibility index (Phi) is 7.85. The van der Waals surface area contributed by atoms with Gasteiger partial charge in [0.05, 0.1) is 12.2 Å².